The standard InChI is InChI=1S/C64H89N5O5S/c1-44(66-42-49-31-29-48(30-32-49)37-38-74-59-39-52(24-22-26-57(59)65)54-25-20-21-27-58(54)71)23-18-16-14-12-10-8-9-11-13-15-17-19-28-60(72)69-62(64(5,6)7)45(2)55-40-53(70)41-56(55)63(73)68-46(3)50-33-35-51(36-34-50)61-47(4)67-43-75-61/h20-21,24-25,27,29-36,39,43,46,53,55-57,62,66,70-71H,1-2,8-19,22-23,26,28,37-38,40-42,65H2,3-7H3,(H,68,73)(H,69,72)/t46-,53-,55?,56+,57?,62+/m0/s1. The van der Waals surface area contributed by atoms with Crippen LogP contribution in [0.2, 0.25) is 0 Å². The smallest absolute Gasteiger partial charge is 0.224 e. The molecular weight excluding hydrogens is 951 g/mol. The number of rotatable bonds is 30. The first-order chi connectivity index (χ1) is 36.1. The van der Waals surface area contributed by atoms with Gasteiger partial charge in [-0.05, 0) is 110 Å². The number of nitrogens with one attached hydrogen (secondary N) is 3. The highest BCUT2D eigenvalue weighted by atomic mass is 32.1. The molecule has 4 aromatic rings. The molecule has 1 aromatic heterocycles. The second-order valence-corrected chi connectivity index (χ2v) is 23.3. The number of phenolic OH excluding ortho intramolecular Hbond substituents is 1. The van der Waals surface area contributed by atoms with Crippen molar-refractivity contribution < 1.29 is 24.5 Å². The summed E-state index contributed by atoms with van der Waals surface area (Å²) in [5.41, 5.74) is 17.3. The third-order valence-corrected chi connectivity index (χ3v) is 16.2. The molecule has 1 fully saturated rings. The van der Waals surface area contributed by atoms with E-state index >= 15 is 0 Å². The van der Waals surface area contributed by atoms with Gasteiger partial charge in [-0.15, -0.1) is 11.3 Å². The summed E-state index contributed by atoms with van der Waals surface area (Å²) in [6.45, 7) is 20.4. The first-order valence-corrected chi connectivity index (χ1v) is 29.0. The quantitative estimate of drug-likeness (QED) is 0.0222. The normalized spacial score (nSPS) is 18.5. The Labute approximate surface area is 453 Å². The first-order valence-electron chi connectivity index (χ1n) is 28.1. The summed E-state index contributed by atoms with van der Waals surface area (Å²) in [5.74, 6) is 0.323. The number of amides is 2. The van der Waals surface area contributed by atoms with E-state index in [0.29, 0.717) is 25.9 Å². The number of aromatic hydroxyl groups is 1. The molecule has 10 nitrogen and oxygen atoms in total. The summed E-state index contributed by atoms with van der Waals surface area (Å²) < 4.78 is 6.20. The lowest BCUT2D eigenvalue weighted by Crippen LogP contribution is -2.47. The number of nitrogens with zero attached hydrogens (tertiary/aromatic N) is 1. The second kappa shape index (κ2) is 29.7. The van der Waals surface area contributed by atoms with Gasteiger partial charge in [0.2, 0.25) is 11.8 Å². The van der Waals surface area contributed by atoms with E-state index < -0.39 is 12.0 Å². The Morgan fingerprint density at radius 1 is 0.827 bits per heavy atom. The summed E-state index contributed by atoms with van der Waals surface area (Å²) in [6, 6.07) is 23.7. The molecule has 2 amide bonds. The molecule has 7 N–H and O–H groups in total. The summed E-state index contributed by atoms with van der Waals surface area (Å²) >= 11 is 1.62. The number of ether oxygens (including phenoxy) is 1. The number of unbranched alkanes of at least 4 members (excludes halogenated alkanes) is 11. The molecule has 0 spiro atoms. The number of para-hydroxylation sites is 1. The topological polar surface area (TPSA) is 159 Å². The molecule has 6 rings (SSSR count). The van der Waals surface area contributed by atoms with E-state index in [1.165, 1.54) is 62.5 Å². The number of aryl methyl sites for hydroxylation is 1. The van der Waals surface area contributed by atoms with Crippen molar-refractivity contribution in [3.05, 3.63) is 149 Å². The highest BCUT2D eigenvalue weighted by molar-refractivity contribution is 7.13. The van der Waals surface area contributed by atoms with Crippen LogP contribution in [0.1, 0.15) is 177 Å². The molecule has 0 aliphatic heterocycles. The fourth-order valence-electron chi connectivity index (χ4n) is 10.7. The van der Waals surface area contributed by atoms with E-state index in [-0.39, 0.29) is 47.0 Å². The number of hydrogen-bond acceptors (Lipinski definition) is 9. The fourth-order valence-corrected chi connectivity index (χ4v) is 11.5. The number of allylic oxidation sites excluding steroid dienone is 4. The van der Waals surface area contributed by atoms with Crippen LogP contribution < -0.4 is 21.7 Å². The predicted molar refractivity (Wildman–Crippen MR) is 310 cm³/mol. The van der Waals surface area contributed by atoms with Crippen molar-refractivity contribution in [3.63, 3.8) is 0 Å². The molecule has 0 radical (unpaired) electrons. The lowest BCUT2D eigenvalue weighted by molar-refractivity contribution is -0.126. The number of thiazole rings is 1. The number of nitrogens with two attached hydrogens (primary N) is 1. The van der Waals surface area contributed by atoms with Crippen molar-refractivity contribution >= 4 is 28.7 Å². The van der Waals surface area contributed by atoms with Gasteiger partial charge in [0, 0.05) is 36.6 Å². The Bertz CT molecular complexity index is 2500. The van der Waals surface area contributed by atoms with Crippen molar-refractivity contribution in [3.8, 4) is 16.2 Å². The monoisotopic (exact) mass is 1040 g/mol. The van der Waals surface area contributed by atoms with Crippen LogP contribution >= 0.6 is 11.3 Å². The summed E-state index contributed by atoms with van der Waals surface area (Å²) in [4.78, 5) is 32.7. The Morgan fingerprint density at radius 3 is 2.07 bits per heavy atom. The molecule has 0 saturated heterocycles. The lowest BCUT2D eigenvalue weighted by atomic mass is 9.75. The second-order valence-electron chi connectivity index (χ2n) is 22.4. The maximum absolute atomic E-state index is 13.8. The third-order valence-electron chi connectivity index (χ3n) is 15.2. The van der Waals surface area contributed by atoms with Gasteiger partial charge < -0.3 is 36.6 Å². The number of aliphatic hydroxyl groups excluding tert-OH is 1. The SMILES string of the molecule is C=C(CCCCCCCCCCCCCCC(=O)N[C@H](C(=C)C1C[C@H](O)C[C@H]1C(=O)N[C@@H](C)c1ccc(-c2scnc2C)cc1)C(C)(C)C)NCc1ccc(CCOC2=CC(c3ccccc3O)=CCCC2N)cc1. The van der Waals surface area contributed by atoms with Gasteiger partial charge in [-0.3, -0.25) is 9.59 Å². The number of phenols is 1. The Morgan fingerprint density at radius 2 is 1.44 bits per heavy atom. The molecule has 11 heteroatoms. The minimum atomic E-state index is -0.590. The molecule has 2 aliphatic carbocycles. The van der Waals surface area contributed by atoms with Crippen LogP contribution in [0.5, 0.6) is 5.75 Å². The fraction of sp³-hybridized carbons (Fsp3) is 0.516. The minimum absolute atomic E-state index is 0.0256. The van der Waals surface area contributed by atoms with Crippen molar-refractivity contribution in [2.75, 3.05) is 6.61 Å². The number of carbonyl (C=O) groups excluding carboxylic acids is 2. The average molecular weight is 1040 g/mol. The molecule has 2 aliphatic rings. The first kappa shape index (κ1) is 58.8. The maximum atomic E-state index is 13.8. The molecule has 3 aromatic carbocycles. The zero-order chi connectivity index (χ0) is 53.7. The van der Waals surface area contributed by atoms with E-state index in [1.54, 1.807) is 17.4 Å². The van der Waals surface area contributed by atoms with Crippen LogP contribution in [0.3, 0.4) is 0 Å². The van der Waals surface area contributed by atoms with E-state index in [1.807, 2.05) is 43.6 Å². The van der Waals surface area contributed by atoms with E-state index in [9.17, 15) is 19.8 Å². The molecule has 1 saturated carbocycles. The van der Waals surface area contributed by atoms with Gasteiger partial charge in [-0.25, -0.2) is 4.98 Å². The number of carbonyl (C=O) groups is 2. The van der Waals surface area contributed by atoms with Crippen LogP contribution in [0.4, 0.5) is 0 Å². The van der Waals surface area contributed by atoms with E-state index in [2.05, 4.69) is 109 Å². The highest BCUT2D eigenvalue weighted by Gasteiger charge is 2.43. The molecule has 0 bridgehead atoms. The highest BCUT2D eigenvalue weighted by Crippen LogP contribution is 2.42. The summed E-state index contributed by atoms with van der Waals surface area (Å²) in [6.07, 6.45) is 22.6. The average Bonchev–Trinajstić information content (AvgIpc) is 3.96. The van der Waals surface area contributed by atoms with E-state index in [0.717, 1.165) is 108 Å². The molecule has 6 atom stereocenters. The van der Waals surface area contributed by atoms with Crippen LogP contribution in [0.15, 0.2) is 121 Å². The summed E-state index contributed by atoms with van der Waals surface area (Å²) in [5, 5.41) is 31.2. The van der Waals surface area contributed by atoms with Crippen LogP contribution in [-0.2, 0) is 27.3 Å². The molecule has 75 heavy (non-hydrogen) atoms. The van der Waals surface area contributed by atoms with Crippen molar-refractivity contribution in [1.29, 1.82) is 0 Å². The van der Waals surface area contributed by atoms with Crippen LogP contribution in [-0.4, -0.2) is 51.8 Å². The number of benzene rings is 3. The van der Waals surface area contributed by atoms with Gasteiger partial charge in [0.05, 0.1) is 46.9 Å². The van der Waals surface area contributed by atoms with Gasteiger partial charge in [-0.1, -0.05) is 177 Å². The predicted octanol–water partition coefficient (Wildman–Crippen LogP) is 13.9. The van der Waals surface area contributed by atoms with Gasteiger partial charge in [0.15, 0.2) is 0 Å². The maximum Gasteiger partial charge on any atom is 0.224 e. The van der Waals surface area contributed by atoms with Gasteiger partial charge in [-0.2, -0.15) is 0 Å². The lowest BCUT2D eigenvalue weighted by Gasteiger charge is -2.37. The number of aliphatic hydroxyl groups is 1. The molecule has 2 unspecified atom stereocenters. The number of aromatic nitrogens is 1. The van der Waals surface area contributed by atoms with Crippen LogP contribution in [0.25, 0.3) is 16.0 Å². The Kier molecular flexibility index (Phi) is 23.3. The van der Waals surface area contributed by atoms with Crippen LogP contribution in [0, 0.1) is 24.2 Å². The Hall–Kier alpha value is -5.49. The largest absolute Gasteiger partial charge is 0.507 e. The molecule has 406 valence electrons. The molecular formula is C64H89N5O5S. The molecule has 1 heterocycles. The third kappa shape index (κ3) is 18.6. The van der Waals surface area contributed by atoms with Crippen molar-refractivity contribution in [2.24, 2.45) is 23.0 Å². The van der Waals surface area contributed by atoms with Gasteiger partial charge in [0.1, 0.15) is 11.5 Å². The summed E-state index contributed by atoms with van der Waals surface area (Å²) in [7, 11) is 0. The zero-order valence-electron chi connectivity index (χ0n) is 45.9. The van der Waals surface area contributed by atoms with Crippen molar-refractivity contribution in [2.45, 2.75) is 187 Å². The minimum Gasteiger partial charge on any atom is -0.507 e. The van der Waals surface area contributed by atoms with E-state index in [4.69, 9.17) is 10.5 Å². The zero-order valence-corrected chi connectivity index (χ0v) is 46.8. The van der Waals surface area contributed by atoms with Gasteiger partial charge >= 0.3 is 0 Å². The Balaban J connectivity index is 0.766. The van der Waals surface area contributed by atoms with Gasteiger partial charge in [0.25, 0.3) is 0 Å². The number of hydrogen-bond donors (Lipinski definition) is 6. The van der Waals surface area contributed by atoms with Crippen molar-refractivity contribution in [1.82, 2.24) is 20.9 Å².